The van der Waals surface area contributed by atoms with Crippen molar-refractivity contribution in [3.63, 3.8) is 0 Å². The number of carbonyl (C=O) groups excluding carboxylic acids is 2. The van der Waals surface area contributed by atoms with E-state index in [1.165, 1.54) is 12.8 Å². The molecule has 1 aromatic carbocycles. The Morgan fingerprint density at radius 3 is 2.72 bits per heavy atom. The molecule has 1 saturated heterocycles. The van der Waals surface area contributed by atoms with Gasteiger partial charge in [0.25, 0.3) is 0 Å². The smallest absolute Gasteiger partial charge is 0.319 e. The van der Waals surface area contributed by atoms with E-state index in [2.05, 4.69) is 16.0 Å². The summed E-state index contributed by atoms with van der Waals surface area (Å²) < 4.78 is 6.08. The highest BCUT2D eigenvalue weighted by Crippen LogP contribution is 2.30. The number of hydrogen-bond donors (Lipinski definition) is 3. The van der Waals surface area contributed by atoms with Crippen LogP contribution in [-0.4, -0.2) is 30.6 Å². The molecule has 2 aliphatic rings. The maximum atomic E-state index is 12.3. The van der Waals surface area contributed by atoms with Gasteiger partial charge in [-0.05, 0) is 64.0 Å². The summed E-state index contributed by atoms with van der Waals surface area (Å²) >= 11 is 0. The normalized spacial score (nSPS) is 21.3. The highest BCUT2D eigenvalue weighted by Gasteiger charge is 2.23. The van der Waals surface area contributed by atoms with E-state index in [1.54, 1.807) is 0 Å². The molecular formula is C19H27N3O3. The zero-order valence-corrected chi connectivity index (χ0v) is 14.8. The molecule has 0 spiro atoms. The van der Waals surface area contributed by atoms with Crippen molar-refractivity contribution in [2.24, 2.45) is 0 Å². The number of urea groups is 1. The van der Waals surface area contributed by atoms with E-state index >= 15 is 0 Å². The van der Waals surface area contributed by atoms with Gasteiger partial charge in [-0.3, -0.25) is 4.79 Å². The van der Waals surface area contributed by atoms with Gasteiger partial charge in [0.2, 0.25) is 5.91 Å². The van der Waals surface area contributed by atoms with Crippen LogP contribution in [0.5, 0.6) is 5.75 Å². The number of anilines is 1. The molecule has 3 N–H and O–H groups in total. The second kappa shape index (κ2) is 8.23. The van der Waals surface area contributed by atoms with Gasteiger partial charge in [-0.25, -0.2) is 4.79 Å². The Hall–Kier alpha value is -2.24. The van der Waals surface area contributed by atoms with Crippen LogP contribution in [0, 0.1) is 6.92 Å². The van der Waals surface area contributed by atoms with Gasteiger partial charge >= 0.3 is 6.03 Å². The summed E-state index contributed by atoms with van der Waals surface area (Å²) in [6.45, 7) is 2.62. The van der Waals surface area contributed by atoms with E-state index in [0.717, 1.165) is 37.0 Å². The zero-order chi connectivity index (χ0) is 17.6. The molecule has 6 heteroatoms. The van der Waals surface area contributed by atoms with Gasteiger partial charge in [0, 0.05) is 17.8 Å². The first kappa shape index (κ1) is 17.6. The van der Waals surface area contributed by atoms with Crippen LogP contribution in [0.1, 0.15) is 50.5 Å². The van der Waals surface area contributed by atoms with Crippen molar-refractivity contribution in [2.75, 3.05) is 11.9 Å². The molecule has 1 aliphatic heterocycles. The summed E-state index contributed by atoms with van der Waals surface area (Å²) in [5.41, 5.74) is 1.62. The summed E-state index contributed by atoms with van der Waals surface area (Å²) in [4.78, 5) is 24.2. The SMILES string of the molecule is Cc1c(NC(=O)N[C@@H]2CCCCNC2=O)cccc1OC1CCCC1. The van der Waals surface area contributed by atoms with Gasteiger partial charge in [0.15, 0.2) is 0 Å². The lowest BCUT2D eigenvalue weighted by molar-refractivity contribution is -0.122. The fourth-order valence-electron chi connectivity index (χ4n) is 3.46. The van der Waals surface area contributed by atoms with Crippen LogP contribution in [0.15, 0.2) is 18.2 Å². The van der Waals surface area contributed by atoms with Gasteiger partial charge in [0.05, 0.1) is 6.10 Å². The van der Waals surface area contributed by atoms with Crippen LogP contribution in [0.3, 0.4) is 0 Å². The lowest BCUT2D eigenvalue weighted by Crippen LogP contribution is -2.47. The van der Waals surface area contributed by atoms with Crippen molar-refractivity contribution in [1.29, 1.82) is 0 Å². The summed E-state index contributed by atoms with van der Waals surface area (Å²) in [5, 5.41) is 8.45. The van der Waals surface area contributed by atoms with Crippen LogP contribution >= 0.6 is 0 Å². The molecule has 0 bridgehead atoms. The molecule has 1 aliphatic carbocycles. The van der Waals surface area contributed by atoms with Gasteiger partial charge in [-0.1, -0.05) is 6.07 Å². The Morgan fingerprint density at radius 2 is 1.92 bits per heavy atom. The van der Waals surface area contributed by atoms with Crippen molar-refractivity contribution < 1.29 is 14.3 Å². The summed E-state index contributed by atoms with van der Waals surface area (Å²) in [7, 11) is 0. The minimum absolute atomic E-state index is 0.109. The molecule has 6 nitrogen and oxygen atoms in total. The lowest BCUT2D eigenvalue weighted by Gasteiger charge is -2.19. The maximum absolute atomic E-state index is 12.3. The number of amides is 3. The Labute approximate surface area is 148 Å². The molecular weight excluding hydrogens is 318 g/mol. The predicted octanol–water partition coefficient (Wildman–Crippen LogP) is 3.11. The Morgan fingerprint density at radius 1 is 1.16 bits per heavy atom. The monoisotopic (exact) mass is 345 g/mol. The van der Waals surface area contributed by atoms with Gasteiger partial charge < -0.3 is 20.7 Å². The first-order valence-corrected chi connectivity index (χ1v) is 9.25. The van der Waals surface area contributed by atoms with E-state index in [4.69, 9.17) is 4.74 Å². The average molecular weight is 345 g/mol. The third kappa shape index (κ3) is 4.65. The molecule has 3 rings (SSSR count). The zero-order valence-electron chi connectivity index (χ0n) is 14.8. The first-order valence-electron chi connectivity index (χ1n) is 9.25. The second-order valence-corrected chi connectivity index (χ2v) is 6.89. The highest BCUT2D eigenvalue weighted by molar-refractivity contribution is 5.94. The van der Waals surface area contributed by atoms with Crippen LogP contribution in [0.25, 0.3) is 0 Å². The third-order valence-corrected chi connectivity index (χ3v) is 4.97. The minimum atomic E-state index is -0.472. The van der Waals surface area contributed by atoms with Crippen molar-refractivity contribution in [2.45, 2.75) is 64.0 Å². The maximum Gasteiger partial charge on any atom is 0.319 e. The third-order valence-electron chi connectivity index (χ3n) is 4.97. The van der Waals surface area contributed by atoms with E-state index < -0.39 is 6.04 Å². The molecule has 1 heterocycles. The standard InChI is InChI=1S/C19H27N3O3/c1-13-15(10-6-11-17(13)25-14-7-2-3-8-14)21-19(24)22-16-9-4-5-12-20-18(16)23/h6,10-11,14,16H,2-5,7-9,12H2,1H3,(H,20,23)(H2,21,22,24)/t16-/m1/s1. The largest absolute Gasteiger partial charge is 0.490 e. The molecule has 0 radical (unpaired) electrons. The fraction of sp³-hybridized carbons (Fsp3) is 0.579. The van der Waals surface area contributed by atoms with Crippen molar-refractivity contribution in [3.05, 3.63) is 23.8 Å². The number of benzene rings is 1. The highest BCUT2D eigenvalue weighted by atomic mass is 16.5. The number of carbonyl (C=O) groups is 2. The quantitative estimate of drug-likeness (QED) is 0.784. The molecule has 25 heavy (non-hydrogen) atoms. The van der Waals surface area contributed by atoms with E-state index in [0.29, 0.717) is 18.7 Å². The van der Waals surface area contributed by atoms with Crippen molar-refractivity contribution in [1.82, 2.24) is 10.6 Å². The number of hydrogen-bond acceptors (Lipinski definition) is 3. The molecule has 0 unspecified atom stereocenters. The molecule has 0 aromatic heterocycles. The lowest BCUT2D eigenvalue weighted by atomic mass is 10.1. The van der Waals surface area contributed by atoms with E-state index in [9.17, 15) is 9.59 Å². The minimum Gasteiger partial charge on any atom is -0.490 e. The van der Waals surface area contributed by atoms with Crippen LogP contribution in [-0.2, 0) is 4.79 Å². The molecule has 2 fully saturated rings. The number of ether oxygens (including phenoxy) is 1. The summed E-state index contributed by atoms with van der Waals surface area (Å²) in [5.74, 6) is 0.708. The number of nitrogens with one attached hydrogen (secondary N) is 3. The average Bonchev–Trinajstić information content (AvgIpc) is 3.02. The Kier molecular flexibility index (Phi) is 5.79. The van der Waals surface area contributed by atoms with Gasteiger partial charge in [-0.15, -0.1) is 0 Å². The molecule has 1 saturated carbocycles. The Balaban J connectivity index is 1.61. The molecule has 1 aromatic rings. The van der Waals surface area contributed by atoms with E-state index in [-0.39, 0.29) is 18.0 Å². The van der Waals surface area contributed by atoms with Crippen molar-refractivity contribution >= 4 is 17.6 Å². The van der Waals surface area contributed by atoms with Crippen LogP contribution in [0.2, 0.25) is 0 Å². The number of rotatable bonds is 4. The van der Waals surface area contributed by atoms with Crippen LogP contribution in [0.4, 0.5) is 10.5 Å². The molecule has 136 valence electrons. The van der Waals surface area contributed by atoms with Crippen molar-refractivity contribution in [3.8, 4) is 5.75 Å². The summed E-state index contributed by atoms with van der Waals surface area (Å²) in [6.07, 6.45) is 7.43. The van der Waals surface area contributed by atoms with Gasteiger partial charge in [-0.2, -0.15) is 0 Å². The van der Waals surface area contributed by atoms with Gasteiger partial charge in [0.1, 0.15) is 11.8 Å². The fourth-order valence-corrected chi connectivity index (χ4v) is 3.46. The molecule has 1 atom stereocenters. The molecule has 3 amide bonds. The topological polar surface area (TPSA) is 79.5 Å². The second-order valence-electron chi connectivity index (χ2n) is 6.89. The first-order chi connectivity index (χ1) is 12.1. The van der Waals surface area contributed by atoms with E-state index in [1.807, 2.05) is 25.1 Å². The summed E-state index contributed by atoms with van der Waals surface area (Å²) in [6, 6.07) is 4.84. The Bertz CT molecular complexity index is 626. The van der Waals surface area contributed by atoms with Crippen LogP contribution < -0.4 is 20.7 Å². The predicted molar refractivity (Wildman–Crippen MR) is 96.9 cm³/mol.